The summed E-state index contributed by atoms with van der Waals surface area (Å²) in [7, 11) is 0. The van der Waals surface area contributed by atoms with Crippen LogP contribution in [0.3, 0.4) is 0 Å². The Morgan fingerprint density at radius 1 is 1.15 bits per heavy atom. The van der Waals surface area contributed by atoms with E-state index in [9.17, 15) is 0 Å². The van der Waals surface area contributed by atoms with E-state index in [1.54, 1.807) is 0 Å². The molecule has 0 unspecified atom stereocenters. The Labute approximate surface area is 90.7 Å². The van der Waals surface area contributed by atoms with Gasteiger partial charge in [0, 0.05) is 6.04 Å². The largest absolute Gasteiger partial charge is 0.397 e. The van der Waals surface area contributed by atoms with Crippen LogP contribution in [0.2, 0.25) is 0 Å². The van der Waals surface area contributed by atoms with Crippen molar-refractivity contribution in [2.75, 3.05) is 11.1 Å². The van der Waals surface area contributed by atoms with Gasteiger partial charge >= 0.3 is 0 Å². The van der Waals surface area contributed by atoms with E-state index < -0.39 is 0 Å². The summed E-state index contributed by atoms with van der Waals surface area (Å²) < 4.78 is 0. The predicted molar refractivity (Wildman–Crippen MR) is 62.0 cm³/mol. The lowest BCUT2D eigenvalue weighted by Crippen LogP contribution is -2.03. The Hall–Kier alpha value is -0.600. The molecule has 1 saturated carbocycles. The molecule has 3 N–H and O–H groups in total. The molecule has 0 radical (unpaired) electrons. The van der Waals surface area contributed by atoms with Crippen molar-refractivity contribution in [3.63, 3.8) is 0 Å². The van der Waals surface area contributed by atoms with Crippen LogP contribution in [0.25, 0.3) is 0 Å². The molecule has 1 fully saturated rings. The molecule has 0 aliphatic heterocycles. The van der Waals surface area contributed by atoms with E-state index in [2.05, 4.69) is 5.32 Å². The number of nitrogens with one attached hydrogen (secondary N) is 1. The SMILES string of the molecule is Cl.Cl.Nc1ccccc1NC1CC1. The van der Waals surface area contributed by atoms with Crippen LogP contribution in [0, 0.1) is 0 Å². The molecule has 0 aromatic heterocycles. The third kappa shape index (κ3) is 3.33. The summed E-state index contributed by atoms with van der Waals surface area (Å²) in [5, 5.41) is 3.36. The van der Waals surface area contributed by atoms with Gasteiger partial charge in [-0.2, -0.15) is 0 Å². The molecular formula is C9H14Cl2N2. The molecule has 0 saturated heterocycles. The number of para-hydroxylation sites is 2. The summed E-state index contributed by atoms with van der Waals surface area (Å²) >= 11 is 0. The van der Waals surface area contributed by atoms with Crippen LogP contribution in [0.5, 0.6) is 0 Å². The van der Waals surface area contributed by atoms with Crippen LogP contribution in [0.4, 0.5) is 11.4 Å². The molecule has 74 valence electrons. The number of rotatable bonds is 2. The van der Waals surface area contributed by atoms with E-state index in [1.807, 2.05) is 24.3 Å². The van der Waals surface area contributed by atoms with E-state index in [-0.39, 0.29) is 24.8 Å². The molecule has 4 heteroatoms. The molecule has 0 heterocycles. The van der Waals surface area contributed by atoms with Crippen molar-refractivity contribution in [3.05, 3.63) is 24.3 Å². The summed E-state index contributed by atoms with van der Waals surface area (Å²) in [6, 6.07) is 8.58. The maximum absolute atomic E-state index is 5.73. The second-order valence-corrected chi connectivity index (χ2v) is 3.01. The van der Waals surface area contributed by atoms with Crippen molar-refractivity contribution in [2.45, 2.75) is 18.9 Å². The molecule has 0 bridgehead atoms. The predicted octanol–water partition coefficient (Wildman–Crippen LogP) is 2.69. The summed E-state index contributed by atoms with van der Waals surface area (Å²) in [5.74, 6) is 0. The number of nitrogens with two attached hydrogens (primary N) is 1. The normalized spacial score (nSPS) is 13.8. The van der Waals surface area contributed by atoms with Gasteiger partial charge in [0.1, 0.15) is 0 Å². The highest BCUT2D eigenvalue weighted by molar-refractivity contribution is 5.85. The zero-order chi connectivity index (χ0) is 7.68. The standard InChI is InChI=1S/C9H12N2.2ClH/c10-8-3-1-2-4-9(8)11-7-5-6-7;;/h1-4,7,11H,5-6,10H2;2*1H. The van der Waals surface area contributed by atoms with Crippen LogP contribution in [-0.2, 0) is 0 Å². The number of hydrogen-bond donors (Lipinski definition) is 2. The van der Waals surface area contributed by atoms with E-state index >= 15 is 0 Å². The average Bonchev–Trinajstić information content (AvgIpc) is 2.78. The molecular weight excluding hydrogens is 207 g/mol. The van der Waals surface area contributed by atoms with Gasteiger partial charge in [-0.05, 0) is 25.0 Å². The lowest BCUT2D eigenvalue weighted by atomic mass is 10.3. The van der Waals surface area contributed by atoms with E-state index in [1.165, 1.54) is 12.8 Å². The molecule has 0 spiro atoms. The Bertz CT molecular complexity index is 262. The first-order chi connectivity index (χ1) is 5.36. The van der Waals surface area contributed by atoms with Gasteiger partial charge in [-0.15, -0.1) is 24.8 Å². The van der Waals surface area contributed by atoms with Gasteiger partial charge in [0.05, 0.1) is 11.4 Å². The molecule has 1 aliphatic carbocycles. The van der Waals surface area contributed by atoms with Gasteiger partial charge < -0.3 is 11.1 Å². The minimum atomic E-state index is 0. The van der Waals surface area contributed by atoms with Crippen molar-refractivity contribution < 1.29 is 0 Å². The fourth-order valence-electron chi connectivity index (χ4n) is 1.08. The minimum Gasteiger partial charge on any atom is -0.397 e. The highest BCUT2D eigenvalue weighted by Gasteiger charge is 2.21. The van der Waals surface area contributed by atoms with Crippen LogP contribution < -0.4 is 11.1 Å². The number of halogens is 2. The lowest BCUT2D eigenvalue weighted by molar-refractivity contribution is 1.16. The zero-order valence-electron chi connectivity index (χ0n) is 7.19. The first-order valence-corrected chi connectivity index (χ1v) is 3.97. The van der Waals surface area contributed by atoms with Crippen molar-refractivity contribution in [2.24, 2.45) is 0 Å². The minimum absolute atomic E-state index is 0. The van der Waals surface area contributed by atoms with E-state index in [4.69, 9.17) is 5.73 Å². The number of benzene rings is 1. The lowest BCUT2D eigenvalue weighted by Gasteiger charge is -2.06. The van der Waals surface area contributed by atoms with Gasteiger partial charge in [-0.25, -0.2) is 0 Å². The molecule has 13 heavy (non-hydrogen) atoms. The monoisotopic (exact) mass is 220 g/mol. The fourth-order valence-corrected chi connectivity index (χ4v) is 1.08. The maximum Gasteiger partial charge on any atom is 0.0576 e. The zero-order valence-corrected chi connectivity index (χ0v) is 8.83. The molecule has 2 rings (SSSR count). The quantitative estimate of drug-likeness (QED) is 0.753. The Morgan fingerprint density at radius 3 is 2.31 bits per heavy atom. The van der Waals surface area contributed by atoms with Crippen molar-refractivity contribution in [1.82, 2.24) is 0 Å². The van der Waals surface area contributed by atoms with Crippen LogP contribution in [0.15, 0.2) is 24.3 Å². The first-order valence-electron chi connectivity index (χ1n) is 3.97. The summed E-state index contributed by atoms with van der Waals surface area (Å²) in [6.45, 7) is 0. The second-order valence-electron chi connectivity index (χ2n) is 3.01. The summed E-state index contributed by atoms with van der Waals surface area (Å²) in [4.78, 5) is 0. The van der Waals surface area contributed by atoms with Crippen molar-refractivity contribution in [3.8, 4) is 0 Å². The molecule has 1 aliphatic rings. The molecule has 1 aromatic rings. The van der Waals surface area contributed by atoms with Gasteiger partial charge in [0.2, 0.25) is 0 Å². The Morgan fingerprint density at radius 2 is 1.77 bits per heavy atom. The topological polar surface area (TPSA) is 38.0 Å². The Kier molecular flexibility index (Phi) is 4.96. The molecule has 0 atom stereocenters. The molecule has 1 aromatic carbocycles. The number of nitrogen functional groups attached to an aromatic ring is 1. The summed E-state index contributed by atoms with van der Waals surface area (Å²) in [6.07, 6.45) is 2.57. The summed E-state index contributed by atoms with van der Waals surface area (Å²) in [5.41, 5.74) is 7.66. The Balaban J connectivity index is 0.000000720. The van der Waals surface area contributed by atoms with Gasteiger partial charge in [-0.3, -0.25) is 0 Å². The fraction of sp³-hybridized carbons (Fsp3) is 0.333. The molecule has 2 nitrogen and oxygen atoms in total. The van der Waals surface area contributed by atoms with Crippen LogP contribution in [-0.4, -0.2) is 6.04 Å². The maximum atomic E-state index is 5.73. The van der Waals surface area contributed by atoms with E-state index in [0.717, 1.165) is 11.4 Å². The van der Waals surface area contributed by atoms with E-state index in [0.29, 0.717) is 6.04 Å². The van der Waals surface area contributed by atoms with Crippen molar-refractivity contribution >= 4 is 36.2 Å². The first kappa shape index (κ1) is 12.4. The third-order valence-electron chi connectivity index (χ3n) is 1.90. The second kappa shape index (κ2) is 5.20. The average molecular weight is 221 g/mol. The van der Waals surface area contributed by atoms with Crippen LogP contribution in [0.1, 0.15) is 12.8 Å². The smallest absolute Gasteiger partial charge is 0.0576 e. The van der Waals surface area contributed by atoms with Gasteiger partial charge in [0.15, 0.2) is 0 Å². The highest BCUT2D eigenvalue weighted by Crippen LogP contribution is 2.27. The number of anilines is 2. The third-order valence-corrected chi connectivity index (χ3v) is 1.90. The van der Waals surface area contributed by atoms with Crippen molar-refractivity contribution in [1.29, 1.82) is 0 Å². The number of hydrogen-bond acceptors (Lipinski definition) is 2. The highest BCUT2D eigenvalue weighted by atomic mass is 35.5. The van der Waals surface area contributed by atoms with Crippen LogP contribution >= 0.6 is 24.8 Å². The van der Waals surface area contributed by atoms with Gasteiger partial charge in [-0.1, -0.05) is 12.1 Å². The van der Waals surface area contributed by atoms with Gasteiger partial charge in [0.25, 0.3) is 0 Å². The molecule has 0 amide bonds.